The van der Waals surface area contributed by atoms with Crippen LogP contribution in [0.25, 0.3) is 0 Å². The molecule has 0 unspecified atom stereocenters. The summed E-state index contributed by atoms with van der Waals surface area (Å²) in [4.78, 5) is 14.3. The van der Waals surface area contributed by atoms with Gasteiger partial charge in [0, 0.05) is 37.5 Å². The van der Waals surface area contributed by atoms with Crippen LogP contribution < -0.4 is 10.6 Å². The van der Waals surface area contributed by atoms with Gasteiger partial charge in [0.15, 0.2) is 0 Å². The number of amides is 2. The van der Waals surface area contributed by atoms with Gasteiger partial charge < -0.3 is 25.0 Å². The fourth-order valence-corrected chi connectivity index (χ4v) is 3.17. The Bertz CT molecular complexity index is 731. The summed E-state index contributed by atoms with van der Waals surface area (Å²) >= 11 is 6.09. The lowest BCUT2D eigenvalue weighted by atomic mass is 10.1. The van der Waals surface area contributed by atoms with Crippen LogP contribution in [0.15, 0.2) is 54.6 Å². The summed E-state index contributed by atoms with van der Waals surface area (Å²) in [6.07, 6.45) is 1.77. The number of benzene rings is 2. The second-order valence-electron chi connectivity index (χ2n) is 6.93. The van der Waals surface area contributed by atoms with Crippen molar-refractivity contribution < 1.29 is 14.3 Å². The summed E-state index contributed by atoms with van der Waals surface area (Å²) in [5, 5.41) is 6.50. The quantitative estimate of drug-likeness (QED) is 0.441. The van der Waals surface area contributed by atoms with Crippen molar-refractivity contribution in [3.8, 4) is 0 Å². The summed E-state index contributed by atoms with van der Waals surface area (Å²) in [5.74, 6) is 0. The molecule has 0 saturated carbocycles. The van der Waals surface area contributed by atoms with E-state index in [0.29, 0.717) is 26.4 Å². The number of ether oxygens (including phenoxy) is 2. The van der Waals surface area contributed by atoms with Crippen molar-refractivity contribution in [2.75, 3.05) is 58.4 Å². The van der Waals surface area contributed by atoms with Crippen LogP contribution in [0.2, 0.25) is 5.02 Å². The van der Waals surface area contributed by atoms with Crippen molar-refractivity contribution >= 4 is 23.3 Å². The minimum Gasteiger partial charge on any atom is -0.382 e. The maximum Gasteiger partial charge on any atom is 0.319 e. The smallest absolute Gasteiger partial charge is 0.319 e. The van der Waals surface area contributed by atoms with Gasteiger partial charge in [0.2, 0.25) is 0 Å². The molecule has 164 valence electrons. The van der Waals surface area contributed by atoms with Crippen molar-refractivity contribution in [2.45, 2.75) is 12.8 Å². The van der Waals surface area contributed by atoms with Gasteiger partial charge in [0.25, 0.3) is 0 Å². The molecule has 2 amide bonds. The third-order valence-electron chi connectivity index (χ3n) is 4.56. The molecule has 0 atom stereocenters. The van der Waals surface area contributed by atoms with Crippen molar-refractivity contribution in [2.24, 2.45) is 0 Å². The van der Waals surface area contributed by atoms with Gasteiger partial charge >= 0.3 is 6.03 Å². The molecule has 0 heterocycles. The first kappa shape index (κ1) is 24.2. The molecule has 6 nitrogen and oxygen atoms in total. The van der Waals surface area contributed by atoms with E-state index in [1.165, 1.54) is 5.56 Å². The third kappa shape index (κ3) is 10.6. The lowest BCUT2D eigenvalue weighted by molar-refractivity contribution is 0.0571. The Balaban J connectivity index is 1.71. The molecule has 0 aliphatic rings. The number of carbonyl (C=O) groups is 1. The highest BCUT2D eigenvalue weighted by atomic mass is 35.5. The van der Waals surface area contributed by atoms with E-state index in [-0.39, 0.29) is 6.03 Å². The maximum atomic E-state index is 12.0. The van der Waals surface area contributed by atoms with Gasteiger partial charge in [-0.25, -0.2) is 4.79 Å². The van der Waals surface area contributed by atoms with Crippen molar-refractivity contribution in [1.29, 1.82) is 0 Å². The second-order valence-corrected chi connectivity index (χ2v) is 7.36. The highest BCUT2D eigenvalue weighted by Crippen LogP contribution is 2.11. The largest absolute Gasteiger partial charge is 0.382 e. The predicted octanol–water partition coefficient (Wildman–Crippen LogP) is 4.06. The molecule has 7 heteroatoms. The molecule has 0 aliphatic carbocycles. The highest BCUT2D eigenvalue weighted by Gasteiger charge is 2.07. The average molecular weight is 434 g/mol. The molecular formula is C23H32ClN3O3. The number of para-hydroxylation sites is 1. The van der Waals surface area contributed by atoms with E-state index in [1.54, 1.807) is 7.11 Å². The number of halogens is 1. The van der Waals surface area contributed by atoms with Gasteiger partial charge in [-0.05, 0) is 49.2 Å². The molecule has 2 rings (SSSR count). The van der Waals surface area contributed by atoms with Gasteiger partial charge in [-0.15, -0.1) is 0 Å². The number of nitrogens with zero attached hydrogens (tertiary/aromatic N) is 1. The fraction of sp³-hybridized carbons (Fsp3) is 0.435. The number of hydrogen-bond donors (Lipinski definition) is 2. The van der Waals surface area contributed by atoms with Gasteiger partial charge in [0.1, 0.15) is 0 Å². The maximum absolute atomic E-state index is 12.0. The Morgan fingerprint density at radius 3 is 2.60 bits per heavy atom. The number of hydrogen-bond acceptors (Lipinski definition) is 4. The highest BCUT2D eigenvalue weighted by molar-refractivity contribution is 6.30. The van der Waals surface area contributed by atoms with Gasteiger partial charge in [-0.2, -0.15) is 0 Å². The van der Waals surface area contributed by atoms with Crippen LogP contribution in [0.3, 0.4) is 0 Å². The Kier molecular flexibility index (Phi) is 11.9. The summed E-state index contributed by atoms with van der Waals surface area (Å²) in [7, 11) is 1.67. The monoisotopic (exact) mass is 433 g/mol. The minimum absolute atomic E-state index is 0.186. The van der Waals surface area contributed by atoms with E-state index < -0.39 is 0 Å². The van der Waals surface area contributed by atoms with Crippen LogP contribution in [0.5, 0.6) is 0 Å². The summed E-state index contributed by atoms with van der Waals surface area (Å²) in [6, 6.07) is 17.2. The van der Waals surface area contributed by atoms with Gasteiger partial charge in [-0.3, -0.25) is 0 Å². The number of nitrogens with one attached hydrogen (secondary N) is 2. The second kappa shape index (κ2) is 14.8. The Morgan fingerprint density at radius 1 is 1.00 bits per heavy atom. The molecule has 0 saturated heterocycles. The third-order valence-corrected chi connectivity index (χ3v) is 4.79. The van der Waals surface area contributed by atoms with Crippen LogP contribution >= 0.6 is 11.6 Å². The van der Waals surface area contributed by atoms with Crippen LogP contribution in [-0.4, -0.2) is 64.0 Å². The van der Waals surface area contributed by atoms with E-state index in [0.717, 1.165) is 43.2 Å². The Labute approximate surface area is 184 Å². The first-order valence-electron chi connectivity index (χ1n) is 10.3. The zero-order valence-electron chi connectivity index (χ0n) is 17.6. The van der Waals surface area contributed by atoms with Crippen molar-refractivity contribution in [1.82, 2.24) is 10.2 Å². The lowest BCUT2D eigenvalue weighted by Gasteiger charge is -2.22. The SMILES string of the molecule is COCCOCCN(CCCNC(=O)Nc1ccccc1)CCc1cccc(Cl)c1. The van der Waals surface area contributed by atoms with Crippen LogP contribution in [0.1, 0.15) is 12.0 Å². The van der Waals surface area contributed by atoms with E-state index in [9.17, 15) is 4.79 Å². The normalized spacial score (nSPS) is 10.9. The van der Waals surface area contributed by atoms with E-state index >= 15 is 0 Å². The van der Waals surface area contributed by atoms with E-state index in [4.69, 9.17) is 21.1 Å². The number of carbonyl (C=O) groups excluding carboxylic acids is 1. The lowest BCUT2D eigenvalue weighted by Crippen LogP contribution is -2.35. The Hall–Kier alpha value is -2.12. The molecule has 0 fully saturated rings. The first-order valence-corrected chi connectivity index (χ1v) is 10.7. The summed E-state index contributed by atoms with van der Waals surface area (Å²) < 4.78 is 10.6. The number of rotatable bonds is 14. The van der Waals surface area contributed by atoms with E-state index in [1.807, 2.05) is 48.5 Å². The van der Waals surface area contributed by atoms with Crippen LogP contribution in [0.4, 0.5) is 10.5 Å². The zero-order chi connectivity index (χ0) is 21.4. The molecule has 2 aromatic rings. The molecule has 0 bridgehead atoms. The van der Waals surface area contributed by atoms with Crippen molar-refractivity contribution in [3.05, 3.63) is 65.2 Å². The van der Waals surface area contributed by atoms with Crippen LogP contribution in [-0.2, 0) is 15.9 Å². The number of methoxy groups -OCH3 is 1. The topological polar surface area (TPSA) is 62.8 Å². The zero-order valence-corrected chi connectivity index (χ0v) is 18.4. The molecule has 0 radical (unpaired) electrons. The van der Waals surface area contributed by atoms with Gasteiger partial charge in [0.05, 0.1) is 19.8 Å². The molecule has 2 N–H and O–H groups in total. The van der Waals surface area contributed by atoms with Gasteiger partial charge in [-0.1, -0.05) is 41.9 Å². The molecule has 0 aliphatic heterocycles. The predicted molar refractivity (Wildman–Crippen MR) is 122 cm³/mol. The Morgan fingerprint density at radius 2 is 1.83 bits per heavy atom. The van der Waals surface area contributed by atoms with Crippen LogP contribution in [0, 0.1) is 0 Å². The average Bonchev–Trinajstić information content (AvgIpc) is 2.75. The summed E-state index contributed by atoms with van der Waals surface area (Å²) in [5.41, 5.74) is 2.00. The summed E-state index contributed by atoms with van der Waals surface area (Å²) in [6.45, 7) is 5.07. The molecule has 30 heavy (non-hydrogen) atoms. The molecule has 0 spiro atoms. The standard InChI is InChI=1S/C23H32ClN3O3/c1-29-17-18-30-16-15-27(14-11-20-7-5-8-21(24)19-20)13-6-12-25-23(28)26-22-9-3-2-4-10-22/h2-5,7-10,19H,6,11-18H2,1H3,(H2,25,26,28). The number of anilines is 1. The minimum atomic E-state index is -0.186. The molecule has 2 aromatic carbocycles. The van der Waals surface area contributed by atoms with E-state index in [2.05, 4.69) is 21.6 Å². The first-order chi connectivity index (χ1) is 14.7. The molecular weight excluding hydrogens is 402 g/mol. The number of urea groups is 1. The van der Waals surface area contributed by atoms with Crippen molar-refractivity contribution in [3.63, 3.8) is 0 Å². The fourth-order valence-electron chi connectivity index (χ4n) is 2.95. The molecule has 0 aromatic heterocycles.